The molecule has 156 valence electrons. The summed E-state index contributed by atoms with van der Waals surface area (Å²) in [5.74, 6) is -1.52. The molecule has 2 aliphatic heterocycles. The van der Waals surface area contributed by atoms with Crippen LogP contribution < -0.4 is 10.2 Å². The average Bonchev–Trinajstić information content (AvgIpc) is 3.35. The fourth-order valence-corrected chi connectivity index (χ4v) is 4.63. The summed E-state index contributed by atoms with van der Waals surface area (Å²) >= 11 is 1.15. The summed E-state index contributed by atoms with van der Waals surface area (Å²) in [6.07, 6.45) is 1.32. The molecule has 1 aromatic carbocycles. The van der Waals surface area contributed by atoms with E-state index in [1.54, 1.807) is 36.1 Å². The first-order valence-corrected chi connectivity index (χ1v) is 10.3. The minimum Gasteiger partial charge on any atom is -0.464 e. The van der Waals surface area contributed by atoms with Crippen LogP contribution in [-0.2, 0) is 14.3 Å². The van der Waals surface area contributed by atoms with Gasteiger partial charge in [0, 0.05) is 11.4 Å². The lowest BCUT2D eigenvalue weighted by Crippen LogP contribution is -2.47. The molecule has 1 fully saturated rings. The van der Waals surface area contributed by atoms with Crippen LogP contribution in [0, 0.1) is 6.92 Å². The molecule has 0 aliphatic carbocycles. The first-order chi connectivity index (χ1) is 14.4. The van der Waals surface area contributed by atoms with Crippen LogP contribution in [0.4, 0.5) is 10.8 Å². The van der Waals surface area contributed by atoms with Crippen molar-refractivity contribution in [2.24, 2.45) is 0 Å². The molecule has 3 amide bonds. The lowest BCUT2D eigenvalue weighted by atomic mass is 10.1. The van der Waals surface area contributed by atoms with Crippen LogP contribution >= 0.6 is 11.3 Å². The minimum absolute atomic E-state index is 0.140. The number of aromatic nitrogens is 1. The molecular weight excluding hydrogens is 408 g/mol. The van der Waals surface area contributed by atoms with Gasteiger partial charge < -0.3 is 19.9 Å². The third-order valence-electron chi connectivity index (χ3n) is 5.21. The number of anilines is 2. The molecule has 0 radical (unpaired) electrons. The number of nitrogens with zero attached hydrogens (tertiary/aromatic N) is 3. The maximum atomic E-state index is 13.2. The van der Waals surface area contributed by atoms with E-state index in [0.29, 0.717) is 29.1 Å². The summed E-state index contributed by atoms with van der Waals surface area (Å²) in [4.78, 5) is 58.2. The second kappa shape index (κ2) is 7.86. The molecule has 1 aromatic heterocycles. The van der Waals surface area contributed by atoms with Crippen LogP contribution in [0.15, 0.2) is 24.3 Å². The summed E-state index contributed by atoms with van der Waals surface area (Å²) < 4.78 is 4.68. The van der Waals surface area contributed by atoms with Crippen LogP contribution in [0.25, 0.3) is 0 Å². The molecule has 0 spiro atoms. The predicted octanol–water partition coefficient (Wildman–Crippen LogP) is 1.83. The fraction of sp³-hybridized carbons (Fsp3) is 0.350. The second-order valence-corrected chi connectivity index (χ2v) is 8.26. The lowest BCUT2D eigenvalue weighted by Gasteiger charge is -2.25. The van der Waals surface area contributed by atoms with Gasteiger partial charge in [-0.05, 0) is 31.9 Å². The third kappa shape index (κ3) is 3.43. The Hall–Kier alpha value is -3.27. The van der Waals surface area contributed by atoms with Gasteiger partial charge in [0.1, 0.15) is 12.6 Å². The van der Waals surface area contributed by atoms with Crippen molar-refractivity contribution < 1.29 is 23.9 Å². The van der Waals surface area contributed by atoms with Crippen LogP contribution in [0.1, 0.15) is 38.6 Å². The fourth-order valence-electron chi connectivity index (χ4n) is 3.81. The summed E-state index contributed by atoms with van der Waals surface area (Å²) in [7, 11) is 1.26. The number of carbonyl (C=O) groups excluding carboxylic acids is 4. The number of aryl methyl sites for hydroxylation is 1. The van der Waals surface area contributed by atoms with E-state index in [1.165, 1.54) is 12.0 Å². The molecule has 30 heavy (non-hydrogen) atoms. The number of amides is 3. The summed E-state index contributed by atoms with van der Waals surface area (Å²) in [6.45, 7) is 1.96. The maximum Gasteiger partial charge on any atom is 0.357 e. The maximum absolute atomic E-state index is 13.2. The Balaban J connectivity index is 1.59. The van der Waals surface area contributed by atoms with Crippen molar-refractivity contribution in [2.75, 3.05) is 30.4 Å². The number of para-hydroxylation sites is 1. The zero-order chi connectivity index (χ0) is 21.4. The highest BCUT2D eigenvalue weighted by atomic mass is 32.1. The quantitative estimate of drug-likeness (QED) is 0.744. The molecule has 2 aliphatic rings. The SMILES string of the molecule is COC(=O)c1nc(NC(=O)CN2C(=O)C3CCCN3C(=O)c3ccccc32)sc1C. The highest BCUT2D eigenvalue weighted by Crippen LogP contribution is 2.32. The first-order valence-electron chi connectivity index (χ1n) is 9.47. The Morgan fingerprint density at radius 3 is 2.83 bits per heavy atom. The predicted molar refractivity (Wildman–Crippen MR) is 110 cm³/mol. The molecular formula is C20H20N4O5S. The summed E-state index contributed by atoms with van der Waals surface area (Å²) in [5.41, 5.74) is 0.963. The molecule has 2 aromatic rings. The molecule has 3 heterocycles. The van der Waals surface area contributed by atoms with Gasteiger partial charge in [-0.25, -0.2) is 9.78 Å². The number of thiazole rings is 1. The number of hydrogen-bond acceptors (Lipinski definition) is 7. The van der Waals surface area contributed by atoms with E-state index in [0.717, 1.165) is 17.8 Å². The molecule has 0 saturated carbocycles. The van der Waals surface area contributed by atoms with E-state index in [1.807, 2.05) is 0 Å². The van der Waals surface area contributed by atoms with Crippen molar-refractivity contribution in [2.45, 2.75) is 25.8 Å². The molecule has 4 rings (SSSR count). The molecule has 10 heteroatoms. The van der Waals surface area contributed by atoms with Gasteiger partial charge >= 0.3 is 5.97 Å². The normalized spacial score (nSPS) is 18.0. The Morgan fingerprint density at radius 2 is 2.07 bits per heavy atom. The minimum atomic E-state index is -0.583. The first kappa shape index (κ1) is 20.0. The van der Waals surface area contributed by atoms with Crippen LogP contribution in [-0.4, -0.2) is 59.8 Å². The Morgan fingerprint density at radius 1 is 1.30 bits per heavy atom. The number of hydrogen-bond donors (Lipinski definition) is 1. The number of benzene rings is 1. The number of fused-ring (bicyclic) bond motifs is 2. The largest absolute Gasteiger partial charge is 0.464 e. The van der Waals surface area contributed by atoms with Crippen molar-refractivity contribution in [1.82, 2.24) is 9.88 Å². The van der Waals surface area contributed by atoms with Gasteiger partial charge in [-0.2, -0.15) is 0 Å². The van der Waals surface area contributed by atoms with Crippen molar-refractivity contribution in [3.05, 3.63) is 40.4 Å². The number of carbonyl (C=O) groups is 4. The van der Waals surface area contributed by atoms with Gasteiger partial charge in [-0.15, -0.1) is 11.3 Å². The van der Waals surface area contributed by atoms with Gasteiger partial charge in [-0.1, -0.05) is 12.1 Å². The molecule has 1 unspecified atom stereocenters. The van der Waals surface area contributed by atoms with Gasteiger partial charge in [0.25, 0.3) is 5.91 Å². The average molecular weight is 428 g/mol. The van der Waals surface area contributed by atoms with Crippen molar-refractivity contribution in [1.29, 1.82) is 0 Å². The number of methoxy groups -OCH3 is 1. The van der Waals surface area contributed by atoms with E-state index in [9.17, 15) is 19.2 Å². The van der Waals surface area contributed by atoms with Gasteiger partial charge in [0.05, 0.1) is 18.4 Å². The van der Waals surface area contributed by atoms with Crippen molar-refractivity contribution in [3.63, 3.8) is 0 Å². The zero-order valence-corrected chi connectivity index (χ0v) is 17.3. The third-order valence-corrected chi connectivity index (χ3v) is 6.10. The van der Waals surface area contributed by atoms with E-state index >= 15 is 0 Å². The van der Waals surface area contributed by atoms with Crippen LogP contribution in [0.2, 0.25) is 0 Å². The number of nitrogens with one attached hydrogen (secondary N) is 1. The van der Waals surface area contributed by atoms with Gasteiger partial charge in [0.2, 0.25) is 11.8 Å². The number of ether oxygens (including phenoxy) is 1. The molecule has 1 atom stereocenters. The van der Waals surface area contributed by atoms with Crippen LogP contribution in [0.3, 0.4) is 0 Å². The Kier molecular flexibility index (Phi) is 5.25. The monoisotopic (exact) mass is 428 g/mol. The number of esters is 1. The van der Waals surface area contributed by atoms with E-state index in [-0.39, 0.29) is 29.2 Å². The molecule has 1 saturated heterocycles. The smallest absolute Gasteiger partial charge is 0.357 e. The van der Waals surface area contributed by atoms with E-state index in [2.05, 4.69) is 15.0 Å². The highest BCUT2D eigenvalue weighted by Gasteiger charge is 2.42. The van der Waals surface area contributed by atoms with Crippen molar-refractivity contribution in [3.8, 4) is 0 Å². The van der Waals surface area contributed by atoms with Crippen molar-refractivity contribution >= 4 is 45.8 Å². The molecule has 1 N–H and O–H groups in total. The van der Waals surface area contributed by atoms with E-state index < -0.39 is 17.9 Å². The zero-order valence-electron chi connectivity index (χ0n) is 16.5. The second-order valence-electron chi connectivity index (χ2n) is 7.06. The summed E-state index contributed by atoms with van der Waals surface area (Å²) in [5, 5.41) is 2.88. The summed E-state index contributed by atoms with van der Waals surface area (Å²) in [6, 6.07) is 6.24. The molecule has 0 bridgehead atoms. The Labute approximate surface area is 176 Å². The molecule has 9 nitrogen and oxygen atoms in total. The lowest BCUT2D eigenvalue weighted by molar-refractivity contribution is -0.124. The topological polar surface area (TPSA) is 109 Å². The standard InChI is InChI=1S/C20H20N4O5S/c1-11-16(19(28)29-2)22-20(30-11)21-15(25)10-24-13-7-4-3-6-12(13)17(26)23-9-5-8-14(23)18(24)27/h3-4,6-7,14H,5,8-10H2,1-2H3,(H,21,22,25). The van der Waals surface area contributed by atoms with Gasteiger partial charge in [-0.3, -0.25) is 14.4 Å². The van der Waals surface area contributed by atoms with Crippen LogP contribution in [0.5, 0.6) is 0 Å². The Bertz CT molecular complexity index is 1050. The van der Waals surface area contributed by atoms with Gasteiger partial charge in [0.15, 0.2) is 10.8 Å². The van der Waals surface area contributed by atoms with E-state index in [4.69, 9.17) is 0 Å². The highest BCUT2D eigenvalue weighted by molar-refractivity contribution is 7.16. The number of rotatable bonds is 4.